The fourth-order valence-corrected chi connectivity index (χ4v) is 4.49. The smallest absolute Gasteiger partial charge is 0.463 e. The summed E-state index contributed by atoms with van der Waals surface area (Å²) < 4.78 is 37.6. The SMILES string of the molecule is CC(=O)OC[C@H]1O[C@H](c2ccc([N+](=O)[O-])cc2COC(=O)Oc2ccc([N+](=O)[O-])cc2)[C@H](OC(C)=O)[C@@H](OC(C)=O)[C@H]1OC(C)=O. The zero-order chi connectivity index (χ0) is 34.1. The molecule has 1 heterocycles. The van der Waals surface area contributed by atoms with Gasteiger partial charge in [-0.15, -0.1) is 0 Å². The van der Waals surface area contributed by atoms with Gasteiger partial charge in [-0.3, -0.25) is 39.4 Å². The number of carbonyl (C=O) groups is 5. The Balaban J connectivity index is 2.03. The summed E-state index contributed by atoms with van der Waals surface area (Å²) in [6.07, 6.45) is -8.54. The zero-order valence-corrected chi connectivity index (χ0v) is 24.8. The van der Waals surface area contributed by atoms with Crippen molar-refractivity contribution in [2.45, 2.75) is 64.8 Å². The number of rotatable bonds is 11. The number of ether oxygens (including phenoxy) is 7. The predicted molar refractivity (Wildman–Crippen MR) is 148 cm³/mol. The molecule has 0 aliphatic carbocycles. The summed E-state index contributed by atoms with van der Waals surface area (Å²) in [7, 11) is 0. The molecule has 0 radical (unpaired) electrons. The second kappa shape index (κ2) is 15.4. The Morgan fingerprint density at radius 1 is 0.717 bits per heavy atom. The highest BCUT2D eigenvalue weighted by molar-refractivity contribution is 5.69. The molecule has 18 heteroatoms. The van der Waals surface area contributed by atoms with Gasteiger partial charge in [0, 0.05) is 57.5 Å². The molecule has 0 N–H and O–H groups in total. The number of esters is 4. The molecular weight excluding hydrogens is 620 g/mol. The molecule has 1 aliphatic heterocycles. The van der Waals surface area contributed by atoms with Gasteiger partial charge in [-0.25, -0.2) is 4.79 Å². The number of carbonyl (C=O) groups excluding carboxylic acids is 5. The number of benzene rings is 2. The van der Waals surface area contributed by atoms with Crippen molar-refractivity contribution in [3.05, 3.63) is 73.8 Å². The number of hydrogen-bond acceptors (Lipinski definition) is 16. The maximum absolute atomic E-state index is 12.5. The third-order valence-electron chi connectivity index (χ3n) is 6.23. The van der Waals surface area contributed by atoms with Crippen molar-refractivity contribution in [1.29, 1.82) is 0 Å². The Labute approximate surface area is 259 Å². The maximum atomic E-state index is 12.5. The molecule has 2 aromatic carbocycles. The van der Waals surface area contributed by atoms with Crippen LogP contribution in [0.2, 0.25) is 0 Å². The van der Waals surface area contributed by atoms with Gasteiger partial charge < -0.3 is 33.2 Å². The number of nitro groups is 2. The van der Waals surface area contributed by atoms with E-state index >= 15 is 0 Å². The summed E-state index contributed by atoms with van der Waals surface area (Å²) in [6, 6.07) is 7.83. The highest BCUT2D eigenvalue weighted by Crippen LogP contribution is 2.40. The Morgan fingerprint density at radius 3 is 1.80 bits per heavy atom. The van der Waals surface area contributed by atoms with Gasteiger partial charge in [-0.1, -0.05) is 0 Å². The van der Waals surface area contributed by atoms with Crippen LogP contribution in [0, 0.1) is 20.2 Å². The normalized spacial score (nSPS) is 20.4. The lowest BCUT2D eigenvalue weighted by Gasteiger charge is -2.45. The number of nitrogens with zero attached hydrogens (tertiary/aromatic N) is 2. The first kappa shape index (κ1) is 34.8. The zero-order valence-electron chi connectivity index (χ0n) is 24.8. The minimum absolute atomic E-state index is 0.0456. The fourth-order valence-electron chi connectivity index (χ4n) is 4.49. The molecule has 0 saturated carbocycles. The molecule has 246 valence electrons. The van der Waals surface area contributed by atoms with Crippen molar-refractivity contribution in [2.75, 3.05) is 6.61 Å². The molecule has 0 aromatic heterocycles. The van der Waals surface area contributed by atoms with Gasteiger partial charge in [0.2, 0.25) is 0 Å². The number of nitro benzene ring substituents is 2. The molecule has 18 nitrogen and oxygen atoms in total. The van der Waals surface area contributed by atoms with E-state index in [2.05, 4.69) is 0 Å². The predicted octanol–water partition coefficient (Wildman–Crippen LogP) is 3.02. The van der Waals surface area contributed by atoms with Gasteiger partial charge in [0.05, 0.1) is 9.85 Å². The van der Waals surface area contributed by atoms with E-state index in [4.69, 9.17) is 33.2 Å². The largest absolute Gasteiger partial charge is 0.514 e. The Morgan fingerprint density at radius 2 is 1.26 bits per heavy atom. The Hall–Kier alpha value is -5.65. The van der Waals surface area contributed by atoms with E-state index in [1.807, 2.05) is 0 Å². The average Bonchev–Trinajstić information content (AvgIpc) is 2.96. The average molecular weight is 649 g/mol. The van der Waals surface area contributed by atoms with Crippen LogP contribution in [-0.4, -0.2) is 70.9 Å². The molecule has 1 aliphatic rings. The van der Waals surface area contributed by atoms with E-state index in [-0.39, 0.29) is 22.6 Å². The topological polar surface area (TPSA) is 236 Å². The number of non-ortho nitro benzene ring substituents is 2. The quantitative estimate of drug-likeness (QED) is 0.112. The summed E-state index contributed by atoms with van der Waals surface area (Å²) >= 11 is 0. The first-order valence-corrected chi connectivity index (χ1v) is 13.3. The minimum atomic E-state index is -1.54. The first-order valence-electron chi connectivity index (χ1n) is 13.3. The van der Waals surface area contributed by atoms with Crippen LogP contribution in [0.15, 0.2) is 42.5 Å². The second-order valence-electron chi connectivity index (χ2n) is 9.65. The van der Waals surface area contributed by atoms with E-state index in [1.165, 1.54) is 6.07 Å². The molecule has 0 unspecified atom stereocenters. The van der Waals surface area contributed by atoms with Crippen molar-refractivity contribution >= 4 is 41.4 Å². The van der Waals surface area contributed by atoms with E-state index in [0.717, 1.165) is 64.1 Å². The van der Waals surface area contributed by atoms with E-state index in [9.17, 15) is 44.2 Å². The summed E-state index contributed by atoms with van der Waals surface area (Å²) in [5.41, 5.74) is -0.689. The van der Waals surface area contributed by atoms with Crippen LogP contribution in [0.3, 0.4) is 0 Å². The van der Waals surface area contributed by atoms with Crippen LogP contribution in [0.5, 0.6) is 5.75 Å². The van der Waals surface area contributed by atoms with Crippen molar-refractivity contribution < 1.29 is 67.0 Å². The van der Waals surface area contributed by atoms with Crippen molar-refractivity contribution in [1.82, 2.24) is 0 Å². The molecule has 2 aromatic rings. The van der Waals surface area contributed by atoms with Gasteiger partial charge in [0.25, 0.3) is 11.4 Å². The molecule has 0 spiro atoms. The summed E-state index contributed by atoms with van der Waals surface area (Å²) in [6.45, 7) is 3.06. The molecule has 0 bridgehead atoms. The highest BCUT2D eigenvalue weighted by atomic mass is 16.7. The molecule has 3 rings (SSSR count). The van der Waals surface area contributed by atoms with Crippen LogP contribution >= 0.6 is 0 Å². The first-order chi connectivity index (χ1) is 21.7. The number of hydrogen-bond donors (Lipinski definition) is 0. The fraction of sp³-hybridized carbons (Fsp3) is 0.393. The van der Waals surface area contributed by atoms with Crippen LogP contribution in [-0.2, 0) is 54.2 Å². The van der Waals surface area contributed by atoms with Crippen LogP contribution in [0.1, 0.15) is 44.9 Å². The molecule has 1 fully saturated rings. The summed E-state index contributed by atoms with van der Waals surface area (Å²) in [4.78, 5) is 81.5. The minimum Gasteiger partial charge on any atom is -0.463 e. The van der Waals surface area contributed by atoms with Crippen molar-refractivity contribution in [3.63, 3.8) is 0 Å². The van der Waals surface area contributed by atoms with Crippen LogP contribution in [0.4, 0.5) is 16.2 Å². The van der Waals surface area contributed by atoms with Crippen LogP contribution < -0.4 is 4.74 Å². The molecule has 46 heavy (non-hydrogen) atoms. The Kier molecular flexibility index (Phi) is 11.6. The van der Waals surface area contributed by atoms with E-state index in [1.54, 1.807) is 0 Å². The Bertz CT molecular complexity index is 1510. The standard InChI is InChI=1S/C28H28N2O16/c1-14(31)40-13-23-25(42-15(2)32)27(44-17(4)34)26(43-16(3)33)24(46-23)22-10-7-20(30(38)39)11-18(22)12-41-28(35)45-21-8-5-19(6-9-21)29(36)37/h5-11,23-27H,12-13H2,1-4H3/t23-,24-,25+,26+,27+/m1/s1. The van der Waals surface area contributed by atoms with Gasteiger partial charge in [-0.05, 0) is 23.8 Å². The van der Waals surface area contributed by atoms with Crippen LogP contribution in [0.25, 0.3) is 0 Å². The van der Waals surface area contributed by atoms with E-state index < -0.39 is 89.3 Å². The third-order valence-corrected chi connectivity index (χ3v) is 6.23. The second-order valence-corrected chi connectivity index (χ2v) is 9.65. The lowest BCUT2D eigenvalue weighted by Crippen LogP contribution is -2.59. The summed E-state index contributed by atoms with van der Waals surface area (Å²) in [5.74, 6) is -3.41. The lowest BCUT2D eigenvalue weighted by atomic mass is 9.88. The highest BCUT2D eigenvalue weighted by Gasteiger charge is 2.53. The van der Waals surface area contributed by atoms with Gasteiger partial charge >= 0.3 is 30.0 Å². The maximum Gasteiger partial charge on any atom is 0.514 e. The van der Waals surface area contributed by atoms with Gasteiger partial charge in [0.15, 0.2) is 18.3 Å². The van der Waals surface area contributed by atoms with Gasteiger partial charge in [-0.2, -0.15) is 0 Å². The van der Waals surface area contributed by atoms with Gasteiger partial charge in [0.1, 0.15) is 31.2 Å². The summed E-state index contributed by atoms with van der Waals surface area (Å²) in [5, 5.41) is 22.5. The monoisotopic (exact) mass is 648 g/mol. The molecule has 5 atom stereocenters. The molecular formula is C28H28N2O16. The van der Waals surface area contributed by atoms with Crippen molar-refractivity contribution in [2.24, 2.45) is 0 Å². The molecule has 1 saturated heterocycles. The third kappa shape index (κ3) is 9.42. The lowest BCUT2D eigenvalue weighted by molar-refractivity contribution is -0.385. The van der Waals surface area contributed by atoms with Crippen molar-refractivity contribution in [3.8, 4) is 5.75 Å². The van der Waals surface area contributed by atoms with E-state index in [0.29, 0.717) is 0 Å². The molecule has 0 amide bonds.